The van der Waals surface area contributed by atoms with E-state index < -0.39 is 43.2 Å². The summed E-state index contributed by atoms with van der Waals surface area (Å²) >= 11 is 7.79. The number of ether oxygens (including phenoxy) is 1. The summed E-state index contributed by atoms with van der Waals surface area (Å²) in [4.78, 5) is 15.6. The summed E-state index contributed by atoms with van der Waals surface area (Å²) in [6.07, 6.45) is 0.619. The lowest BCUT2D eigenvalue weighted by Crippen LogP contribution is -2.38. The predicted octanol–water partition coefficient (Wildman–Crippen LogP) is 3.67. The minimum Gasteiger partial charge on any atom is -0.468 e. The van der Waals surface area contributed by atoms with Gasteiger partial charge in [0.25, 0.3) is 0 Å². The highest BCUT2D eigenvalue weighted by atomic mass is 35.5. The molecule has 0 bridgehead atoms. The number of hydrogen-bond donors (Lipinski definition) is 0. The summed E-state index contributed by atoms with van der Waals surface area (Å²) in [5.74, 6) is -1.13. The van der Waals surface area contributed by atoms with E-state index >= 15 is 0 Å². The molecule has 2 heterocycles. The van der Waals surface area contributed by atoms with Crippen molar-refractivity contribution in [3.8, 4) is 0 Å². The smallest absolute Gasteiger partial charge is 0.327 e. The highest BCUT2D eigenvalue weighted by Crippen LogP contribution is 2.33. The molecule has 0 aliphatic carbocycles. The average molecular weight is 329 g/mol. The largest absolute Gasteiger partial charge is 0.468 e. The molecule has 1 unspecified atom stereocenters. The van der Waals surface area contributed by atoms with E-state index in [9.17, 15) is 4.79 Å². The van der Waals surface area contributed by atoms with E-state index in [4.69, 9.17) is 21.2 Å². The van der Waals surface area contributed by atoms with E-state index in [0.29, 0.717) is 19.5 Å². The second kappa shape index (κ2) is 6.18. The quantitative estimate of drug-likeness (QED) is 0.805. The van der Waals surface area contributed by atoms with Gasteiger partial charge in [-0.15, -0.1) is 11.3 Å². The van der Waals surface area contributed by atoms with Gasteiger partial charge in [-0.3, -0.25) is 4.90 Å². The zero-order valence-electron chi connectivity index (χ0n) is 17.9. The molecule has 2 aromatic rings. The van der Waals surface area contributed by atoms with Crippen LogP contribution in [-0.4, -0.2) is 24.5 Å². The molecule has 0 spiro atoms. The summed E-state index contributed by atoms with van der Waals surface area (Å²) in [5, 5.41) is 1.60. The van der Waals surface area contributed by atoms with Crippen LogP contribution in [0.5, 0.6) is 0 Å². The molecule has 0 N–H and O–H groups in total. The number of esters is 1. The number of nitrogens with zero attached hydrogens (tertiary/aromatic N) is 1. The van der Waals surface area contributed by atoms with Gasteiger partial charge in [0.2, 0.25) is 0 Å². The van der Waals surface area contributed by atoms with Crippen LogP contribution in [0.15, 0.2) is 35.6 Å². The Morgan fingerprint density at radius 3 is 3.29 bits per heavy atom. The second-order valence-corrected chi connectivity index (χ2v) is 6.02. The first kappa shape index (κ1) is 8.32. The number of benzene rings is 1. The van der Waals surface area contributed by atoms with Crippen molar-refractivity contribution in [2.75, 3.05) is 13.6 Å². The maximum atomic E-state index is 12.8. The van der Waals surface area contributed by atoms with Crippen LogP contribution >= 0.6 is 22.9 Å². The van der Waals surface area contributed by atoms with Crippen LogP contribution in [0.25, 0.3) is 0 Å². The molecule has 1 aromatic heterocycles. The molecule has 1 aliphatic rings. The van der Waals surface area contributed by atoms with Crippen molar-refractivity contribution in [1.82, 2.24) is 4.90 Å². The lowest BCUT2D eigenvalue weighted by Gasteiger charge is -2.33. The SMILES string of the molecule is [2H]c1c([2H])c([2H])c(C(C(=O)OC([2H])([2H])[2H])N2CCc3sccc3C2)c(Cl)c1[2H]. The molecule has 1 aromatic carbocycles. The molecule has 0 radical (unpaired) electrons. The van der Waals surface area contributed by atoms with Gasteiger partial charge in [-0.05, 0) is 35.0 Å². The fourth-order valence-corrected chi connectivity index (χ4v) is 3.58. The number of carbonyl (C=O) groups is 1. The summed E-state index contributed by atoms with van der Waals surface area (Å²) < 4.78 is 58.1. The zero-order valence-corrected chi connectivity index (χ0v) is 12.5. The van der Waals surface area contributed by atoms with Gasteiger partial charge in [-0.1, -0.05) is 29.7 Å². The van der Waals surface area contributed by atoms with Gasteiger partial charge >= 0.3 is 5.97 Å². The average Bonchev–Trinajstić information content (AvgIpc) is 3.08. The fraction of sp³-hybridized carbons (Fsp3) is 0.312. The minimum absolute atomic E-state index is 0.180. The van der Waals surface area contributed by atoms with Gasteiger partial charge in [-0.25, -0.2) is 4.79 Å². The molecule has 0 saturated heterocycles. The van der Waals surface area contributed by atoms with Crippen molar-refractivity contribution in [2.24, 2.45) is 0 Å². The molecule has 3 rings (SSSR count). The number of hydrogen-bond acceptors (Lipinski definition) is 4. The first-order chi connectivity index (χ1) is 13.0. The first-order valence-electron chi connectivity index (χ1n) is 9.79. The van der Waals surface area contributed by atoms with Crippen LogP contribution in [0, 0.1) is 0 Å². The van der Waals surface area contributed by atoms with Crippen LogP contribution in [0.1, 0.15) is 31.6 Å². The van der Waals surface area contributed by atoms with Gasteiger partial charge in [0.1, 0.15) is 6.04 Å². The Balaban J connectivity index is 2.12. The Morgan fingerprint density at radius 1 is 1.57 bits per heavy atom. The number of rotatable bonds is 3. The third kappa shape index (κ3) is 2.84. The monoisotopic (exact) mass is 328 g/mol. The Labute approximate surface area is 142 Å². The normalized spacial score (nSPS) is 21.7. The van der Waals surface area contributed by atoms with Gasteiger partial charge in [0.05, 0.1) is 16.6 Å². The maximum absolute atomic E-state index is 12.8. The molecule has 0 saturated carbocycles. The van der Waals surface area contributed by atoms with E-state index in [2.05, 4.69) is 4.74 Å². The molecular formula is C16H16ClNO2S. The Morgan fingerprint density at radius 2 is 2.43 bits per heavy atom. The Hall–Kier alpha value is -1.36. The van der Waals surface area contributed by atoms with E-state index in [1.165, 1.54) is 0 Å². The van der Waals surface area contributed by atoms with E-state index in [0.717, 1.165) is 10.4 Å². The van der Waals surface area contributed by atoms with Crippen molar-refractivity contribution in [3.63, 3.8) is 0 Å². The lowest BCUT2D eigenvalue weighted by atomic mass is 10.0. The van der Waals surface area contributed by atoms with E-state index in [1.54, 1.807) is 16.2 Å². The fourth-order valence-electron chi connectivity index (χ4n) is 2.49. The highest BCUT2D eigenvalue weighted by Gasteiger charge is 2.32. The van der Waals surface area contributed by atoms with Crippen LogP contribution in [-0.2, 0) is 22.5 Å². The van der Waals surface area contributed by atoms with Crippen molar-refractivity contribution in [3.05, 3.63) is 56.6 Å². The van der Waals surface area contributed by atoms with Crippen LogP contribution in [0.2, 0.25) is 5.02 Å². The Bertz CT molecular complexity index is 901. The summed E-state index contributed by atoms with van der Waals surface area (Å²) in [7, 11) is -2.99. The number of thiophene rings is 1. The molecule has 21 heavy (non-hydrogen) atoms. The van der Waals surface area contributed by atoms with E-state index in [1.807, 2.05) is 11.4 Å². The van der Waals surface area contributed by atoms with Crippen LogP contribution < -0.4 is 0 Å². The van der Waals surface area contributed by atoms with Gasteiger partial charge in [0, 0.05) is 23.0 Å². The summed E-state index contributed by atoms with van der Waals surface area (Å²) in [6.45, 7) is 0.687. The number of methoxy groups -OCH3 is 1. The molecular weight excluding hydrogens is 306 g/mol. The number of carbonyl (C=O) groups excluding carboxylic acids is 1. The number of halogens is 1. The van der Waals surface area contributed by atoms with E-state index in [-0.39, 0.29) is 10.6 Å². The van der Waals surface area contributed by atoms with Crippen molar-refractivity contribution >= 4 is 28.9 Å². The standard InChI is InChI=1S/C16H16ClNO2S/c1-20-16(19)15(12-4-2-3-5-13(12)17)18-8-6-14-11(10-18)7-9-21-14/h2-5,7,9,15H,6,8,10H2,1H3/i1D3,2D,3D,4D,5D. The Kier molecular flexibility index (Phi) is 2.45. The molecule has 1 atom stereocenters. The minimum atomic E-state index is -2.99. The zero-order chi connectivity index (χ0) is 20.8. The second-order valence-electron chi connectivity index (χ2n) is 4.64. The van der Waals surface area contributed by atoms with Crippen LogP contribution in [0.4, 0.5) is 0 Å². The predicted molar refractivity (Wildman–Crippen MR) is 84.6 cm³/mol. The molecule has 0 amide bonds. The molecule has 1 aliphatic heterocycles. The lowest BCUT2D eigenvalue weighted by molar-refractivity contribution is -0.147. The van der Waals surface area contributed by atoms with Crippen molar-refractivity contribution in [1.29, 1.82) is 0 Å². The van der Waals surface area contributed by atoms with Gasteiger partial charge in [0.15, 0.2) is 0 Å². The van der Waals surface area contributed by atoms with Crippen molar-refractivity contribution in [2.45, 2.75) is 19.0 Å². The number of fused-ring (bicyclic) bond motifs is 1. The summed E-state index contributed by atoms with van der Waals surface area (Å²) in [5.41, 5.74) is 0.792. The highest BCUT2D eigenvalue weighted by molar-refractivity contribution is 7.10. The molecule has 0 fully saturated rings. The molecule has 5 heteroatoms. The topological polar surface area (TPSA) is 29.5 Å². The molecule has 3 nitrogen and oxygen atoms in total. The maximum Gasteiger partial charge on any atom is 0.327 e. The third-order valence-corrected chi connectivity index (χ3v) is 4.79. The van der Waals surface area contributed by atoms with Gasteiger partial charge < -0.3 is 4.74 Å². The first-order valence-corrected chi connectivity index (χ1v) is 7.55. The van der Waals surface area contributed by atoms with Crippen molar-refractivity contribution < 1.29 is 19.1 Å². The van der Waals surface area contributed by atoms with Crippen LogP contribution in [0.3, 0.4) is 0 Å². The van der Waals surface area contributed by atoms with Gasteiger partial charge in [-0.2, -0.15) is 0 Å². The summed E-state index contributed by atoms with van der Waals surface area (Å²) in [6, 6.07) is -1.53. The molecule has 110 valence electrons. The third-order valence-electron chi connectivity index (χ3n) is 3.47.